The summed E-state index contributed by atoms with van der Waals surface area (Å²) in [7, 11) is 0. The van der Waals surface area contributed by atoms with Crippen molar-refractivity contribution in [2.45, 2.75) is 19.3 Å². The number of rotatable bonds is 4. The van der Waals surface area contributed by atoms with Crippen LogP contribution in [0.2, 0.25) is 0 Å². The van der Waals surface area contributed by atoms with Crippen molar-refractivity contribution in [3.05, 3.63) is 57.8 Å². The van der Waals surface area contributed by atoms with Crippen LogP contribution in [0.5, 0.6) is 0 Å². The molecule has 0 saturated carbocycles. The van der Waals surface area contributed by atoms with Gasteiger partial charge in [-0.25, -0.2) is 0 Å². The molecule has 1 aromatic carbocycles. The van der Waals surface area contributed by atoms with Gasteiger partial charge in [0.1, 0.15) is 0 Å². The summed E-state index contributed by atoms with van der Waals surface area (Å²) in [6, 6.07) is 10.4. The van der Waals surface area contributed by atoms with Crippen molar-refractivity contribution in [1.29, 1.82) is 0 Å². The van der Waals surface area contributed by atoms with E-state index in [2.05, 4.69) is 0 Å². The molecule has 3 nitrogen and oxygen atoms in total. The zero-order chi connectivity index (χ0) is 14.0. The Bertz CT molecular complexity index is 595. The highest BCUT2D eigenvalue weighted by Crippen LogP contribution is 2.24. The molecule has 4 heteroatoms. The smallest absolute Gasteiger partial charge is 0.313 e. The van der Waals surface area contributed by atoms with Crippen LogP contribution in [0.3, 0.4) is 0 Å². The van der Waals surface area contributed by atoms with E-state index in [-0.39, 0.29) is 5.78 Å². The van der Waals surface area contributed by atoms with Crippen LogP contribution in [0.15, 0.2) is 41.8 Å². The predicted octanol–water partition coefficient (Wildman–Crippen LogP) is 3.34. The van der Waals surface area contributed by atoms with Crippen LogP contribution in [0.25, 0.3) is 0 Å². The van der Waals surface area contributed by atoms with Gasteiger partial charge in [0.15, 0.2) is 0 Å². The summed E-state index contributed by atoms with van der Waals surface area (Å²) in [5.74, 6) is -0.917. The van der Waals surface area contributed by atoms with Gasteiger partial charge in [0, 0.05) is 5.56 Å². The molecule has 1 heterocycles. The minimum Gasteiger partial charge on any atom is -0.481 e. The summed E-state index contributed by atoms with van der Waals surface area (Å²) in [4.78, 5) is 23.9. The van der Waals surface area contributed by atoms with Gasteiger partial charge < -0.3 is 5.11 Å². The van der Waals surface area contributed by atoms with Gasteiger partial charge in [0.05, 0.1) is 10.3 Å². The first kappa shape index (κ1) is 13.5. The molecule has 0 aliphatic carbocycles. The van der Waals surface area contributed by atoms with E-state index in [1.165, 1.54) is 11.3 Å². The Kier molecular flexibility index (Phi) is 3.53. The molecule has 2 rings (SSSR count). The predicted molar refractivity (Wildman–Crippen MR) is 74.9 cm³/mol. The third-order valence-electron chi connectivity index (χ3n) is 3.15. The average Bonchev–Trinajstić information content (AvgIpc) is 2.91. The topological polar surface area (TPSA) is 54.4 Å². The maximum Gasteiger partial charge on any atom is 0.313 e. The molecule has 0 aliphatic heterocycles. The number of hydrogen-bond donors (Lipinski definition) is 1. The lowest BCUT2D eigenvalue weighted by atomic mass is 9.84. The van der Waals surface area contributed by atoms with Crippen molar-refractivity contribution < 1.29 is 14.7 Å². The lowest BCUT2D eigenvalue weighted by Gasteiger charge is -2.19. The Labute approximate surface area is 115 Å². The van der Waals surface area contributed by atoms with Crippen molar-refractivity contribution in [2.75, 3.05) is 0 Å². The Morgan fingerprint density at radius 3 is 2.21 bits per heavy atom. The number of benzene rings is 1. The Balaban J connectivity index is 2.29. The standard InChI is InChI=1S/C15H14O3S/c1-15(2,14(17)18)11-7-5-10(6-8-11)13(16)12-4-3-9-19-12/h3-9H,1-2H3,(H,17,18). The number of carbonyl (C=O) groups is 2. The zero-order valence-electron chi connectivity index (χ0n) is 10.7. The molecule has 98 valence electrons. The molecule has 0 bridgehead atoms. The normalized spacial score (nSPS) is 11.3. The van der Waals surface area contributed by atoms with Crippen LogP contribution in [-0.2, 0) is 10.2 Å². The quantitative estimate of drug-likeness (QED) is 0.870. The van der Waals surface area contributed by atoms with Crippen LogP contribution in [0.4, 0.5) is 0 Å². The van der Waals surface area contributed by atoms with Gasteiger partial charge in [0.2, 0.25) is 5.78 Å². The molecule has 0 fully saturated rings. The van der Waals surface area contributed by atoms with Crippen LogP contribution in [0, 0.1) is 0 Å². The molecule has 1 aromatic heterocycles. The van der Waals surface area contributed by atoms with Crippen LogP contribution in [-0.4, -0.2) is 16.9 Å². The molecule has 19 heavy (non-hydrogen) atoms. The number of hydrogen-bond acceptors (Lipinski definition) is 3. The minimum absolute atomic E-state index is 0.0327. The first-order valence-electron chi connectivity index (χ1n) is 5.85. The van der Waals surface area contributed by atoms with Crippen molar-refractivity contribution in [3.63, 3.8) is 0 Å². The van der Waals surface area contributed by atoms with Crippen LogP contribution >= 0.6 is 11.3 Å². The van der Waals surface area contributed by atoms with E-state index in [9.17, 15) is 9.59 Å². The van der Waals surface area contributed by atoms with Gasteiger partial charge in [-0.3, -0.25) is 9.59 Å². The average molecular weight is 274 g/mol. The van der Waals surface area contributed by atoms with Crippen LogP contribution in [0.1, 0.15) is 34.6 Å². The highest BCUT2D eigenvalue weighted by molar-refractivity contribution is 7.12. The lowest BCUT2D eigenvalue weighted by molar-refractivity contribution is -0.142. The number of carbonyl (C=O) groups excluding carboxylic acids is 1. The lowest BCUT2D eigenvalue weighted by Crippen LogP contribution is -2.28. The highest BCUT2D eigenvalue weighted by Gasteiger charge is 2.29. The van der Waals surface area contributed by atoms with E-state index >= 15 is 0 Å². The summed E-state index contributed by atoms with van der Waals surface area (Å²) in [6.45, 7) is 3.29. The number of aliphatic carboxylic acids is 1. The number of carboxylic acid groups (broad SMARTS) is 1. The Hall–Kier alpha value is -1.94. The summed E-state index contributed by atoms with van der Waals surface area (Å²) in [5.41, 5.74) is 0.306. The maximum atomic E-state index is 12.1. The van der Waals surface area contributed by atoms with E-state index in [0.29, 0.717) is 16.0 Å². The SMILES string of the molecule is CC(C)(C(=O)O)c1ccc(C(=O)c2cccs2)cc1. The van der Waals surface area contributed by atoms with Crippen molar-refractivity contribution in [1.82, 2.24) is 0 Å². The van der Waals surface area contributed by atoms with Gasteiger partial charge in [-0.1, -0.05) is 30.3 Å². The monoisotopic (exact) mass is 274 g/mol. The Morgan fingerprint density at radius 1 is 1.11 bits per heavy atom. The van der Waals surface area contributed by atoms with E-state index in [0.717, 1.165) is 0 Å². The van der Waals surface area contributed by atoms with E-state index < -0.39 is 11.4 Å². The molecule has 0 atom stereocenters. The second-order valence-corrected chi connectivity index (χ2v) is 5.76. The largest absolute Gasteiger partial charge is 0.481 e. The number of thiophene rings is 1. The summed E-state index contributed by atoms with van der Waals surface area (Å²) < 4.78 is 0. The first-order chi connectivity index (χ1) is 8.93. The molecule has 1 N–H and O–H groups in total. The maximum absolute atomic E-state index is 12.1. The fraction of sp³-hybridized carbons (Fsp3) is 0.200. The summed E-state index contributed by atoms with van der Waals surface area (Å²) in [6.07, 6.45) is 0. The molecule has 0 radical (unpaired) electrons. The van der Waals surface area contributed by atoms with E-state index in [1.807, 2.05) is 11.4 Å². The van der Waals surface area contributed by atoms with Crippen LogP contribution < -0.4 is 0 Å². The van der Waals surface area contributed by atoms with Gasteiger partial charge in [-0.05, 0) is 30.9 Å². The third-order valence-corrected chi connectivity index (χ3v) is 4.02. The summed E-state index contributed by atoms with van der Waals surface area (Å²) >= 11 is 1.40. The summed E-state index contributed by atoms with van der Waals surface area (Å²) in [5, 5.41) is 11.0. The first-order valence-corrected chi connectivity index (χ1v) is 6.73. The highest BCUT2D eigenvalue weighted by atomic mass is 32.1. The zero-order valence-corrected chi connectivity index (χ0v) is 11.5. The molecule has 0 spiro atoms. The van der Waals surface area contributed by atoms with E-state index in [4.69, 9.17) is 5.11 Å². The third kappa shape index (κ3) is 2.58. The van der Waals surface area contributed by atoms with Gasteiger partial charge in [0.25, 0.3) is 0 Å². The van der Waals surface area contributed by atoms with Crippen molar-refractivity contribution >= 4 is 23.1 Å². The minimum atomic E-state index is -0.954. The fourth-order valence-electron chi connectivity index (χ4n) is 1.71. The fourth-order valence-corrected chi connectivity index (χ4v) is 2.40. The molecular weight excluding hydrogens is 260 g/mol. The molecule has 0 amide bonds. The Morgan fingerprint density at radius 2 is 1.74 bits per heavy atom. The molecule has 0 saturated heterocycles. The molecule has 0 aliphatic rings. The van der Waals surface area contributed by atoms with Gasteiger partial charge in [-0.2, -0.15) is 0 Å². The number of carboxylic acids is 1. The molecule has 0 unspecified atom stereocenters. The van der Waals surface area contributed by atoms with Gasteiger partial charge >= 0.3 is 5.97 Å². The second-order valence-electron chi connectivity index (χ2n) is 4.81. The van der Waals surface area contributed by atoms with E-state index in [1.54, 1.807) is 44.2 Å². The molecule has 2 aromatic rings. The number of ketones is 1. The van der Waals surface area contributed by atoms with Crippen molar-refractivity contribution in [2.24, 2.45) is 0 Å². The van der Waals surface area contributed by atoms with Gasteiger partial charge in [-0.15, -0.1) is 11.3 Å². The molecular formula is C15H14O3S. The second kappa shape index (κ2) is 4.97. The van der Waals surface area contributed by atoms with Crippen molar-refractivity contribution in [3.8, 4) is 0 Å².